The lowest BCUT2D eigenvalue weighted by Gasteiger charge is -2.09. The Morgan fingerprint density at radius 2 is 1.54 bits per heavy atom. The predicted octanol–water partition coefficient (Wildman–Crippen LogP) is 3.88. The van der Waals surface area contributed by atoms with Gasteiger partial charge in [0, 0.05) is 22.3 Å². The molecule has 24 heavy (non-hydrogen) atoms. The zero-order chi connectivity index (χ0) is 17.7. The SMILES string of the molecule is O=C(NCc1ccc(NC(=O)C(F)(F)F)cc1)c1ccc(Br)cc1. The minimum Gasteiger partial charge on any atom is -0.348 e. The fourth-order valence-electron chi connectivity index (χ4n) is 1.79. The summed E-state index contributed by atoms with van der Waals surface area (Å²) in [6.45, 7) is 0.211. The zero-order valence-corrected chi connectivity index (χ0v) is 13.7. The molecule has 0 aliphatic heterocycles. The van der Waals surface area contributed by atoms with Crippen LogP contribution in [0.25, 0.3) is 0 Å². The van der Waals surface area contributed by atoms with Crippen molar-refractivity contribution >= 4 is 33.4 Å². The van der Waals surface area contributed by atoms with Gasteiger partial charge in [-0.3, -0.25) is 9.59 Å². The maximum absolute atomic E-state index is 12.1. The highest BCUT2D eigenvalue weighted by Gasteiger charge is 2.38. The van der Waals surface area contributed by atoms with E-state index in [1.54, 1.807) is 29.6 Å². The van der Waals surface area contributed by atoms with E-state index in [2.05, 4.69) is 21.2 Å². The molecule has 2 N–H and O–H groups in total. The molecule has 0 radical (unpaired) electrons. The van der Waals surface area contributed by atoms with Crippen LogP contribution >= 0.6 is 15.9 Å². The molecule has 0 saturated carbocycles. The number of halogens is 4. The Balaban J connectivity index is 1.91. The third kappa shape index (κ3) is 5.09. The molecule has 2 amide bonds. The molecule has 2 aromatic carbocycles. The summed E-state index contributed by atoms with van der Waals surface area (Å²) >= 11 is 3.27. The van der Waals surface area contributed by atoms with Gasteiger partial charge in [0.1, 0.15) is 0 Å². The highest BCUT2D eigenvalue weighted by molar-refractivity contribution is 9.10. The third-order valence-electron chi connectivity index (χ3n) is 3.03. The van der Waals surface area contributed by atoms with Crippen LogP contribution in [-0.2, 0) is 11.3 Å². The van der Waals surface area contributed by atoms with Gasteiger partial charge in [0.25, 0.3) is 5.91 Å². The lowest BCUT2D eigenvalue weighted by atomic mass is 10.2. The Bertz CT molecular complexity index is 728. The molecule has 0 heterocycles. The first-order valence-electron chi connectivity index (χ1n) is 6.76. The molecule has 0 bridgehead atoms. The number of anilines is 1. The summed E-state index contributed by atoms with van der Waals surface area (Å²) < 4.78 is 37.3. The van der Waals surface area contributed by atoms with Crippen molar-refractivity contribution in [3.63, 3.8) is 0 Å². The summed E-state index contributed by atoms with van der Waals surface area (Å²) in [6.07, 6.45) is -4.93. The van der Waals surface area contributed by atoms with Crippen molar-refractivity contribution in [3.8, 4) is 0 Å². The van der Waals surface area contributed by atoms with Crippen LogP contribution in [0.5, 0.6) is 0 Å². The van der Waals surface area contributed by atoms with E-state index in [4.69, 9.17) is 0 Å². The van der Waals surface area contributed by atoms with Crippen LogP contribution in [0.3, 0.4) is 0 Å². The van der Waals surface area contributed by atoms with E-state index in [1.165, 1.54) is 24.3 Å². The lowest BCUT2D eigenvalue weighted by molar-refractivity contribution is -0.167. The van der Waals surface area contributed by atoms with Crippen molar-refractivity contribution in [2.75, 3.05) is 5.32 Å². The van der Waals surface area contributed by atoms with Gasteiger partial charge in [0.15, 0.2) is 0 Å². The van der Waals surface area contributed by atoms with Crippen molar-refractivity contribution in [2.45, 2.75) is 12.7 Å². The van der Waals surface area contributed by atoms with E-state index < -0.39 is 12.1 Å². The van der Waals surface area contributed by atoms with Crippen LogP contribution in [0.15, 0.2) is 53.0 Å². The van der Waals surface area contributed by atoms with Gasteiger partial charge in [0.05, 0.1) is 0 Å². The average Bonchev–Trinajstić information content (AvgIpc) is 2.53. The predicted molar refractivity (Wildman–Crippen MR) is 86.4 cm³/mol. The van der Waals surface area contributed by atoms with E-state index in [1.807, 2.05) is 0 Å². The van der Waals surface area contributed by atoms with E-state index in [0.717, 1.165) is 4.47 Å². The molecule has 0 fully saturated rings. The number of hydrogen-bond acceptors (Lipinski definition) is 2. The first-order chi connectivity index (χ1) is 11.3. The first-order valence-corrected chi connectivity index (χ1v) is 7.56. The van der Waals surface area contributed by atoms with Crippen molar-refractivity contribution < 1.29 is 22.8 Å². The van der Waals surface area contributed by atoms with Crippen molar-refractivity contribution in [1.82, 2.24) is 5.32 Å². The number of rotatable bonds is 4. The second-order valence-electron chi connectivity index (χ2n) is 4.84. The van der Waals surface area contributed by atoms with Crippen LogP contribution in [0.1, 0.15) is 15.9 Å². The largest absolute Gasteiger partial charge is 0.471 e. The summed E-state index contributed by atoms with van der Waals surface area (Å²) in [5.74, 6) is -2.30. The summed E-state index contributed by atoms with van der Waals surface area (Å²) in [4.78, 5) is 22.8. The molecule has 0 aliphatic carbocycles. The molecule has 8 heteroatoms. The number of benzene rings is 2. The Kier molecular flexibility index (Phi) is 5.61. The van der Waals surface area contributed by atoms with Gasteiger partial charge in [-0.1, -0.05) is 28.1 Å². The maximum Gasteiger partial charge on any atom is 0.471 e. The summed E-state index contributed by atoms with van der Waals surface area (Å²) in [5.41, 5.74) is 1.21. The van der Waals surface area contributed by atoms with Crippen molar-refractivity contribution in [3.05, 3.63) is 64.1 Å². The van der Waals surface area contributed by atoms with E-state index in [0.29, 0.717) is 11.1 Å². The number of carbonyl (C=O) groups excluding carboxylic acids is 2. The van der Waals surface area contributed by atoms with Crippen LogP contribution in [0, 0.1) is 0 Å². The van der Waals surface area contributed by atoms with Crippen LogP contribution in [0.4, 0.5) is 18.9 Å². The summed E-state index contributed by atoms with van der Waals surface area (Å²) in [6, 6.07) is 12.5. The fourth-order valence-corrected chi connectivity index (χ4v) is 2.06. The van der Waals surface area contributed by atoms with E-state index in [-0.39, 0.29) is 18.1 Å². The standard InChI is InChI=1S/C16H12BrF3N2O2/c17-12-5-3-11(4-6-12)14(23)21-9-10-1-7-13(8-2-10)22-15(24)16(18,19)20/h1-8H,9H2,(H,21,23)(H,22,24). The molecular weight excluding hydrogens is 389 g/mol. The average molecular weight is 401 g/mol. The van der Waals surface area contributed by atoms with Crippen LogP contribution < -0.4 is 10.6 Å². The Hall–Kier alpha value is -2.35. The number of hydrogen-bond donors (Lipinski definition) is 2. The topological polar surface area (TPSA) is 58.2 Å². The van der Waals surface area contributed by atoms with Gasteiger partial charge in [0.2, 0.25) is 0 Å². The highest BCUT2D eigenvalue weighted by atomic mass is 79.9. The minimum atomic E-state index is -4.93. The van der Waals surface area contributed by atoms with Crippen molar-refractivity contribution in [1.29, 1.82) is 0 Å². The molecule has 126 valence electrons. The molecule has 0 spiro atoms. The molecule has 0 aliphatic rings. The number of alkyl halides is 3. The summed E-state index contributed by atoms with van der Waals surface area (Å²) in [5, 5.41) is 4.45. The lowest BCUT2D eigenvalue weighted by Crippen LogP contribution is -2.29. The van der Waals surface area contributed by atoms with Crippen LogP contribution in [0.2, 0.25) is 0 Å². The molecule has 0 saturated heterocycles. The van der Waals surface area contributed by atoms with Gasteiger partial charge in [-0.25, -0.2) is 0 Å². The number of carbonyl (C=O) groups is 2. The van der Waals surface area contributed by atoms with Gasteiger partial charge in [-0.15, -0.1) is 0 Å². The molecular formula is C16H12BrF3N2O2. The monoisotopic (exact) mass is 400 g/mol. The first kappa shape index (κ1) is 18.0. The zero-order valence-electron chi connectivity index (χ0n) is 12.2. The molecule has 0 atom stereocenters. The number of nitrogens with one attached hydrogen (secondary N) is 2. The highest BCUT2D eigenvalue weighted by Crippen LogP contribution is 2.18. The van der Waals surface area contributed by atoms with Crippen molar-refractivity contribution in [2.24, 2.45) is 0 Å². The fraction of sp³-hybridized carbons (Fsp3) is 0.125. The Labute approximate surface area is 144 Å². The Morgan fingerprint density at radius 3 is 2.08 bits per heavy atom. The maximum atomic E-state index is 12.1. The van der Waals surface area contributed by atoms with E-state index >= 15 is 0 Å². The normalized spacial score (nSPS) is 11.0. The second kappa shape index (κ2) is 7.48. The van der Waals surface area contributed by atoms with Gasteiger partial charge in [-0.2, -0.15) is 13.2 Å². The molecule has 0 aromatic heterocycles. The van der Waals surface area contributed by atoms with E-state index in [9.17, 15) is 22.8 Å². The third-order valence-corrected chi connectivity index (χ3v) is 3.56. The van der Waals surface area contributed by atoms with Gasteiger partial charge in [-0.05, 0) is 42.0 Å². The minimum absolute atomic E-state index is 0.0281. The van der Waals surface area contributed by atoms with Gasteiger partial charge < -0.3 is 10.6 Å². The van der Waals surface area contributed by atoms with Gasteiger partial charge >= 0.3 is 12.1 Å². The molecule has 2 rings (SSSR count). The Morgan fingerprint density at radius 1 is 0.958 bits per heavy atom. The van der Waals surface area contributed by atoms with Crippen LogP contribution in [-0.4, -0.2) is 18.0 Å². The molecule has 2 aromatic rings. The quantitative estimate of drug-likeness (QED) is 0.817. The smallest absolute Gasteiger partial charge is 0.348 e. The molecule has 0 unspecified atom stereocenters. The summed E-state index contributed by atoms with van der Waals surface area (Å²) in [7, 11) is 0. The second-order valence-corrected chi connectivity index (χ2v) is 5.75. The number of amides is 2. The molecule has 4 nitrogen and oxygen atoms in total.